The zero-order valence-corrected chi connectivity index (χ0v) is 12.6. The molecule has 21 heavy (non-hydrogen) atoms. The molecule has 2 unspecified atom stereocenters. The third-order valence-corrected chi connectivity index (χ3v) is 7.18. The first kappa shape index (κ1) is 14.8. The molecule has 5 nitrogen and oxygen atoms in total. The van der Waals surface area contributed by atoms with Crippen LogP contribution in [0.25, 0.3) is 0 Å². The molecule has 3 rings (SSSR count). The number of thioether (sulfide) groups is 1. The lowest BCUT2D eigenvalue weighted by atomic mass is 10.3. The Labute approximate surface area is 126 Å². The summed E-state index contributed by atoms with van der Waals surface area (Å²) in [6.45, 7) is 0. The molecule has 0 spiro atoms. The fourth-order valence-corrected chi connectivity index (χ4v) is 6.26. The van der Waals surface area contributed by atoms with Gasteiger partial charge < -0.3 is 5.11 Å². The summed E-state index contributed by atoms with van der Waals surface area (Å²) in [4.78, 5) is 11.3. The van der Waals surface area contributed by atoms with Crippen molar-refractivity contribution >= 4 is 27.8 Å². The zero-order chi connectivity index (χ0) is 15.2. The Morgan fingerprint density at radius 1 is 1.29 bits per heavy atom. The van der Waals surface area contributed by atoms with Crippen LogP contribution in [-0.4, -0.2) is 41.0 Å². The summed E-state index contributed by atoms with van der Waals surface area (Å²) < 4.78 is 39.5. The van der Waals surface area contributed by atoms with Crippen molar-refractivity contribution in [2.45, 2.75) is 29.2 Å². The summed E-state index contributed by atoms with van der Waals surface area (Å²) in [5, 5.41) is 8.95. The highest BCUT2D eigenvalue weighted by Crippen LogP contribution is 2.47. The van der Waals surface area contributed by atoms with Crippen LogP contribution in [-0.2, 0) is 14.8 Å². The Morgan fingerprint density at radius 2 is 1.90 bits per heavy atom. The molecule has 0 amide bonds. The van der Waals surface area contributed by atoms with Gasteiger partial charge in [-0.1, -0.05) is 0 Å². The molecule has 1 saturated carbocycles. The molecule has 1 heterocycles. The van der Waals surface area contributed by atoms with Crippen molar-refractivity contribution in [3.05, 3.63) is 30.1 Å². The summed E-state index contributed by atoms with van der Waals surface area (Å²) in [6.07, 6.45) is 1.83. The maximum atomic E-state index is 13.0. The van der Waals surface area contributed by atoms with E-state index in [1.165, 1.54) is 23.9 Å². The third kappa shape index (κ3) is 2.67. The van der Waals surface area contributed by atoms with Crippen LogP contribution in [0.5, 0.6) is 0 Å². The van der Waals surface area contributed by atoms with Crippen molar-refractivity contribution in [1.29, 1.82) is 0 Å². The van der Waals surface area contributed by atoms with Gasteiger partial charge >= 0.3 is 5.97 Å². The minimum absolute atomic E-state index is 0.0664. The number of carboxylic acid groups (broad SMARTS) is 1. The average molecular weight is 331 g/mol. The van der Waals surface area contributed by atoms with Crippen molar-refractivity contribution in [3.8, 4) is 0 Å². The number of hydrogen-bond donors (Lipinski definition) is 1. The first-order valence-corrected chi connectivity index (χ1v) is 9.03. The second kappa shape index (κ2) is 5.26. The molecule has 1 aliphatic carbocycles. The quantitative estimate of drug-likeness (QED) is 0.910. The van der Waals surface area contributed by atoms with Gasteiger partial charge in [0.2, 0.25) is 10.0 Å². The van der Waals surface area contributed by atoms with E-state index in [0.717, 1.165) is 29.3 Å². The molecule has 8 heteroatoms. The Balaban J connectivity index is 2.00. The Kier molecular flexibility index (Phi) is 3.71. The topological polar surface area (TPSA) is 74.7 Å². The zero-order valence-electron chi connectivity index (χ0n) is 11.0. The number of carboxylic acids is 1. The van der Waals surface area contributed by atoms with Gasteiger partial charge in [-0.05, 0) is 43.0 Å². The molecule has 1 N–H and O–H groups in total. The van der Waals surface area contributed by atoms with Crippen LogP contribution in [0.1, 0.15) is 12.8 Å². The van der Waals surface area contributed by atoms with Crippen LogP contribution in [0.2, 0.25) is 0 Å². The number of sulfonamides is 1. The first-order valence-electron chi connectivity index (χ1n) is 6.55. The van der Waals surface area contributed by atoms with Gasteiger partial charge in [0.05, 0.1) is 10.3 Å². The number of halogens is 1. The van der Waals surface area contributed by atoms with Gasteiger partial charge in [-0.3, -0.25) is 4.79 Å². The van der Waals surface area contributed by atoms with E-state index in [-0.39, 0.29) is 21.9 Å². The summed E-state index contributed by atoms with van der Waals surface area (Å²) in [5.41, 5.74) is 0. The molecule has 1 aromatic carbocycles. The molecule has 0 aromatic heterocycles. The van der Waals surface area contributed by atoms with Crippen molar-refractivity contribution < 1.29 is 22.7 Å². The minimum Gasteiger partial charge on any atom is -0.480 e. The summed E-state index contributed by atoms with van der Waals surface area (Å²) in [5.74, 6) is -1.21. The average Bonchev–Trinajstić information content (AvgIpc) is 3.17. The number of benzene rings is 1. The normalized spacial score (nSPS) is 26.9. The van der Waals surface area contributed by atoms with Crippen LogP contribution in [0, 0.1) is 11.7 Å². The number of nitrogens with zero attached hydrogens (tertiary/aromatic N) is 1. The molecule has 2 aliphatic rings. The smallest absolute Gasteiger partial charge is 0.322 e. The van der Waals surface area contributed by atoms with Crippen LogP contribution < -0.4 is 0 Å². The van der Waals surface area contributed by atoms with Crippen molar-refractivity contribution in [2.24, 2.45) is 5.92 Å². The lowest BCUT2D eigenvalue weighted by molar-refractivity contribution is -0.140. The molecular weight excluding hydrogens is 317 g/mol. The Bertz CT molecular complexity index is 657. The maximum absolute atomic E-state index is 13.0. The minimum atomic E-state index is -3.94. The highest BCUT2D eigenvalue weighted by molar-refractivity contribution is 8.01. The first-order chi connectivity index (χ1) is 9.91. The summed E-state index contributed by atoms with van der Waals surface area (Å²) in [7, 11) is -3.94. The molecule has 1 saturated heterocycles. The summed E-state index contributed by atoms with van der Waals surface area (Å²) in [6, 6.07) is 3.43. The number of rotatable bonds is 4. The van der Waals surface area contributed by atoms with Gasteiger partial charge in [0.1, 0.15) is 11.9 Å². The number of hydrogen-bond acceptors (Lipinski definition) is 4. The van der Waals surface area contributed by atoms with Crippen molar-refractivity contribution in [3.63, 3.8) is 0 Å². The van der Waals surface area contributed by atoms with Gasteiger partial charge in [-0.25, -0.2) is 12.8 Å². The van der Waals surface area contributed by atoms with E-state index in [1.807, 2.05) is 0 Å². The second-order valence-electron chi connectivity index (χ2n) is 5.20. The van der Waals surface area contributed by atoms with E-state index in [4.69, 9.17) is 0 Å². The lowest BCUT2D eigenvalue weighted by Crippen LogP contribution is -2.46. The Morgan fingerprint density at radius 3 is 2.43 bits per heavy atom. The van der Waals surface area contributed by atoms with Crippen LogP contribution >= 0.6 is 11.8 Å². The van der Waals surface area contributed by atoms with Gasteiger partial charge in [0.25, 0.3) is 0 Å². The van der Waals surface area contributed by atoms with Crippen LogP contribution in [0.15, 0.2) is 29.2 Å². The van der Waals surface area contributed by atoms with Gasteiger partial charge in [0, 0.05) is 5.75 Å². The molecule has 1 aromatic rings. The maximum Gasteiger partial charge on any atom is 0.322 e. The van der Waals surface area contributed by atoms with E-state index in [0.29, 0.717) is 0 Å². The highest BCUT2D eigenvalue weighted by atomic mass is 32.2. The molecular formula is C13H14FNO4S2. The molecule has 1 aliphatic heterocycles. The standard InChI is InChI=1S/C13H14FNO4S2/c14-9-3-5-10(6-4-9)21(18,19)15-11(13(16)17)7-20-12(15)8-1-2-8/h3-6,8,11-12H,1-2,7H2,(H,16,17). The van der Waals surface area contributed by atoms with Crippen LogP contribution in [0.3, 0.4) is 0 Å². The van der Waals surface area contributed by atoms with Crippen molar-refractivity contribution in [2.75, 3.05) is 5.75 Å². The van der Waals surface area contributed by atoms with E-state index in [1.54, 1.807) is 0 Å². The molecule has 2 fully saturated rings. The monoisotopic (exact) mass is 331 g/mol. The predicted molar refractivity (Wildman–Crippen MR) is 75.8 cm³/mol. The fraction of sp³-hybridized carbons (Fsp3) is 0.462. The number of carbonyl (C=O) groups is 1. The van der Waals surface area contributed by atoms with E-state index in [9.17, 15) is 22.7 Å². The lowest BCUT2D eigenvalue weighted by Gasteiger charge is -2.26. The van der Waals surface area contributed by atoms with E-state index < -0.39 is 27.9 Å². The molecule has 114 valence electrons. The van der Waals surface area contributed by atoms with Gasteiger partial charge in [0.15, 0.2) is 0 Å². The van der Waals surface area contributed by atoms with Gasteiger partial charge in [-0.2, -0.15) is 4.31 Å². The fourth-order valence-electron chi connectivity index (χ4n) is 2.45. The molecule has 2 atom stereocenters. The summed E-state index contributed by atoms with van der Waals surface area (Å²) >= 11 is 1.37. The second-order valence-corrected chi connectivity index (χ2v) is 8.20. The van der Waals surface area contributed by atoms with E-state index in [2.05, 4.69) is 0 Å². The number of aliphatic carboxylic acids is 1. The molecule has 0 radical (unpaired) electrons. The molecule has 0 bridgehead atoms. The van der Waals surface area contributed by atoms with Crippen molar-refractivity contribution in [1.82, 2.24) is 4.31 Å². The SMILES string of the molecule is O=C(O)C1CSC(C2CC2)N1S(=O)(=O)c1ccc(F)cc1. The van der Waals surface area contributed by atoms with Gasteiger partial charge in [-0.15, -0.1) is 11.8 Å². The predicted octanol–water partition coefficient (Wildman–Crippen LogP) is 1.75. The highest BCUT2D eigenvalue weighted by Gasteiger charge is 2.51. The van der Waals surface area contributed by atoms with Crippen LogP contribution in [0.4, 0.5) is 4.39 Å². The van der Waals surface area contributed by atoms with E-state index >= 15 is 0 Å². The Hall–Kier alpha value is -1.12. The largest absolute Gasteiger partial charge is 0.480 e. The third-order valence-electron chi connectivity index (χ3n) is 3.68.